The van der Waals surface area contributed by atoms with Gasteiger partial charge in [-0.25, -0.2) is 0 Å². The smallest absolute Gasteiger partial charge is 0.244 e. The average Bonchev–Trinajstić information content (AvgIpc) is 2.62. The maximum Gasteiger partial charge on any atom is 0.244 e. The number of aryl methyl sites for hydroxylation is 1. The van der Waals surface area contributed by atoms with Gasteiger partial charge in [-0.3, -0.25) is 4.79 Å². The van der Waals surface area contributed by atoms with Crippen LogP contribution < -0.4 is 14.8 Å². The van der Waals surface area contributed by atoms with Crippen molar-refractivity contribution >= 4 is 12.0 Å². The lowest BCUT2D eigenvalue weighted by Crippen LogP contribution is -2.31. The molecule has 0 radical (unpaired) electrons. The van der Waals surface area contributed by atoms with Crippen LogP contribution in [0.3, 0.4) is 0 Å². The molecule has 1 aliphatic rings. The number of nitrogens with one attached hydrogen (secondary N) is 1. The molecule has 0 saturated carbocycles. The molecule has 1 unspecified atom stereocenters. The maximum absolute atomic E-state index is 12.3. The standard InChI is InChI=1S/C21H23NO3/c1-3-24-17-8-5-16(6-9-17)7-11-21(23)22-19-12-13-25-20-10-4-15(2)14-18(19)20/h4-11,14,19H,3,12-13H2,1-2H3,(H,22,23)/b11-7+. The predicted molar refractivity (Wildman–Crippen MR) is 98.8 cm³/mol. The topological polar surface area (TPSA) is 47.6 Å². The fourth-order valence-electron chi connectivity index (χ4n) is 2.90. The van der Waals surface area contributed by atoms with Crippen LogP contribution in [0.5, 0.6) is 11.5 Å². The van der Waals surface area contributed by atoms with Crippen molar-refractivity contribution < 1.29 is 14.3 Å². The Morgan fingerprint density at radius 3 is 2.84 bits per heavy atom. The molecule has 2 aromatic rings. The maximum atomic E-state index is 12.3. The predicted octanol–water partition coefficient (Wildman–Crippen LogP) is 4.05. The number of hydrogen-bond donors (Lipinski definition) is 1. The van der Waals surface area contributed by atoms with E-state index in [4.69, 9.17) is 9.47 Å². The Labute approximate surface area is 148 Å². The van der Waals surface area contributed by atoms with Gasteiger partial charge in [0.05, 0.1) is 19.3 Å². The normalized spacial score (nSPS) is 16.2. The Balaban J connectivity index is 1.64. The summed E-state index contributed by atoms with van der Waals surface area (Å²) in [6.45, 7) is 5.25. The highest BCUT2D eigenvalue weighted by molar-refractivity contribution is 5.92. The van der Waals surface area contributed by atoms with Crippen LogP contribution in [0.4, 0.5) is 0 Å². The van der Waals surface area contributed by atoms with Crippen molar-refractivity contribution in [3.8, 4) is 11.5 Å². The summed E-state index contributed by atoms with van der Waals surface area (Å²) in [7, 11) is 0. The van der Waals surface area contributed by atoms with E-state index in [2.05, 4.69) is 11.4 Å². The molecule has 1 atom stereocenters. The molecule has 4 nitrogen and oxygen atoms in total. The van der Waals surface area contributed by atoms with Crippen molar-refractivity contribution in [1.29, 1.82) is 0 Å². The molecule has 3 rings (SSSR count). The zero-order valence-corrected chi connectivity index (χ0v) is 14.6. The van der Waals surface area contributed by atoms with Gasteiger partial charge in [-0.05, 0) is 43.7 Å². The largest absolute Gasteiger partial charge is 0.494 e. The molecule has 0 spiro atoms. The second kappa shape index (κ2) is 7.88. The molecule has 2 aromatic carbocycles. The second-order valence-electron chi connectivity index (χ2n) is 6.07. The van der Waals surface area contributed by atoms with E-state index in [1.165, 1.54) is 0 Å². The van der Waals surface area contributed by atoms with Crippen LogP contribution in [-0.4, -0.2) is 19.1 Å². The van der Waals surface area contributed by atoms with Crippen LogP contribution in [-0.2, 0) is 4.79 Å². The Morgan fingerprint density at radius 1 is 1.28 bits per heavy atom. The Hall–Kier alpha value is -2.75. The van der Waals surface area contributed by atoms with Gasteiger partial charge in [-0.2, -0.15) is 0 Å². The van der Waals surface area contributed by atoms with Gasteiger partial charge in [0.15, 0.2) is 0 Å². The third-order valence-electron chi connectivity index (χ3n) is 4.14. The number of rotatable bonds is 5. The number of hydrogen-bond acceptors (Lipinski definition) is 3. The van der Waals surface area contributed by atoms with E-state index < -0.39 is 0 Å². The summed E-state index contributed by atoms with van der Waals surface area (Å²) in [5, 5.41) is 3.07. The minimum absolute atomic E-state index is 0.0128. The average molecular weight is 337 g/mol. The van der Waals surface area contributed by atoms with E-state index in [-0.39, 0.29) is 11.9 Å². The molecule has 4 heteroatoms. The molecule has 0 aromatic heterocycles. The molecule has 1 aliphatic heterocycles. The Kier molecular flexibility index (Phi) is 5.39. The van der Waals surface area contributed by atoms with Crippen molar-refractivity contribution in [2.45, 2.75) is 26.3 Å². The molecular weight excluding hydrogens is 314 g/mol. The number of fused-ring (bicyclic) bond motifs is 1. The van der Waals surface area contributed by atoms with Crippen LogP contribution in [0.1, 0.15) is 36.1 Å². The molecule has 0 aliphatic carbocycles. The first-order chi connectivity index (χ1) is 12.2. The van der Waals surface area contributed by atoms with Crippen molar-refractivity contribution in [3.63, 3.8) is 0 Å². The lowest BCUT2D eigenvalue weighted by Gasteiger charge is -2.26. The van der Waals surface area contributed by atoms with E-state index in [0.29, 0.717) is 13.2 Å². The number of amides is 1. The first-order valence-electron chi connectivity index (χ1n) is 8.60. The third kappa shape index (κ3) is 4.41. The molecule has 1 heterocycles. The fraction of sp³-hybridized carbons (Fsp3) is 0.286. The van der Waals surface area contributed by atoms with Gasteiger partial charge in [0, 0.05) is 18.1 Å². The first-order valence-corrected chi connectivity index (χ1v) is 8.60. The van der Waals surface area contributed by atoms with Gasteiger partial charge < -0.3 is 14.8 Å². The molecule has 0 fully saturated rings. The molecule has 130 valence electrons. The van der Waals surface area contributed by atoms with Crippen LogP contribution >= 0.6 is 0 Å². The minimum atomic E-state index is -0.103. The van der Waals surface area contributed by atoms with Crippen LogP contribution in [0.15, 0.2) is 48.5 Å². The van der Waals surface area contributed by atoms with Crippen molar-refractivity contribution in [2.24, 2.45) is 0 Å². The fourth-order valence-corrected chi connectivity index (χ4v) is 2.90. The zero-order chi connectivity index (χ0) is 17.6. The van der Waals surface area contributed by atoms with Crippen LogP contribution in [0.25, 0.3) is 6.08 Å². The summed E-state index contributed by atoms with van der Waals surface area (Å²) in [4.78, 5) is 12.3. The lowest BCUT2D eigenvalue weighted by atomic mass is 9.98. The summed E-state index contributed by atoms with van der Waals surface area (Å²) < 4.78 is 11.1. The van der Waals surface area contributed by atoms with E-state index in [0.717, 1.165) is 34.6 Å². The van der Waals surface area contributed by atoms with Gasteiger partial charge >= 0.3 is 0 Å². The van der Waals surface area contributed by atoms with Crippen LogP contribution in [0, 0.1) is 6.92 Å². The second-order valence-corrected chi connectivity index (χ2v) is 6.07. The number of benzene rings is 2. The van der Waals surface area contributed by atoms with Crippen molar-refractivity contribution in [3.05, 3.63) is 65.2 Å². The van der Waals surface area contributed by atoms with Gasteiger partial charge in [0.25, 0.3) is 0 Å². The van der Waals surface area contributed by atoms with Gasteiger partial charge in [-0.15, -0.1) is 0 Å². The summed E-state index contributed by atoms with van der Waals surface area (Å²) in [6.07, 6.45) is 4.15. The Morgan fingerprint density at radius 2 is 2.08 bits per heavy atom. The van der Waals surface area contributed by atoms with E-state index in [1.54, 1.807) is 6.08 Å². The van der Waals surface area contributed by atoms with Gasteiger partial charge in [0.1, 0.15) is 11.5 Å². The lowest BCUT2D eigenvalue weighted by molar-refractivity contribution is -0.117. The molecule has 25 heavy (non-hydrogen) atoms. The molecule has 1 N–H and O–H groups in total. The molecular formula is C21H23NO3. The minimum Gasteiger partial charge on any atom is -0.494 e. The molecule has 0 saturated heterocycles. The SMILES string of the molecule is CCOc1ccc(/C=C/C(=O)NC2CCOc3ccc(C)cc32)cc1. The summed E-state index contributed by atoms with van der Waals surface area (Å²) in [5.74, 6) is 1.59. The highest BCUT2D eigenvalue weighted by Crippen LogP contribution is 2.32. The summed E-state index contributed by atoms with van der Waals surface area (Å²) in [5.41, 5.74) is 3.17. The number of ether oxygens (including phenoxy) is 2. The van der Waals surface area contributed by atoms with E-state index in [9.17, 15) is 4.79 Å². The van der Waals surface area contributed by atoms with E-state index in [1.807, 2.05) is 56.3 Å². The Bertz CT molecular complexity index is 765. The first kappa shape index (κ1) is 17.1. The molecule has 0 bridgehead atoms. The zero-order valence-electron chi connectivity index (χ0n) is 14.6. The van der Waals surface area contributed by atoms with Crippen molar-refractivity contribution in [2.75, 3.05) is 13.2 Å². The van der Waals surface area contributed by atoms with Gasteiger partial charge in [0.2, 0.25) is 5.91 Å². The van der Waals surface area contributed by atoms with Gasteiger partial charge in [-0.1, -0.05) is 29.8 Å². The highest BCUT2D eigenvalue weighted by Gasteiger charge is 2.22. The summed E-state index contributed by atoms with van der Waals surface area (Å²) in [6, 6.07) is 13.7. The quantitative estimate of drug-likeness (QED) is 0.838. The third-order valence-corrected chi connectivity index (χ3v) is 4.14. The highest BCUT2D eigenvalue weighted by atomic mass is 16.5. The van der Waals surface area contributed by atoms with Crippen LogP contribution in [0.2, 0.25) is 0 Å². The molecule has 1 amide bonds. The number of carbonyl (C=O) groups excluding carboxylic acids is 1. The monoisotopic (exact) mass is 337 g/mol. The number of carbonyl (C=O) groups is 1. The summed E-state index contributed by atoms with van der Waals surface area (Å²) >= 11 is 0. The van der Waals surface area contributed by atoms with Crippen molar-refractivity contribution in [1.82, 2.24) is 5.32 Å². The van der Waals surface area contributed by atoms with E-state index >= 15 is 0 Å².